The summed E-state index contributed by atoms with van der Waals surface area (Å²) in [7, 11) is 0. The molecule has 0 saturated heterocycles. The Bertz CT molecular complexity index is 4600. The summed E-state index contributed by atoms with van der Waals surface area (Å²) in [5, 5.41) is 20.2. The molecule has 0 spiro atoms. The third-order valence-corrected chi connectivity index (χ3v) is 22.5. The summed E-state index contributed by atoms with van der Waals surface area (Å²) in [6.45, 7) is 4.55. The number of pyridine rings is 3. The van der Waals surface area contributed by atoms with Gasteiger partial charge in [0.05, 0.1) is 17.1 Å². The molecule has 6 saturated carbocycles. The second kappa shape index (κ2) is 29.2. The Morgan fingerprint density at radius 2 is 0.822 bits per heavy atom. The number of nitrogens with two attached hydrogens (primary N) is 1. The van der Waals surface area contributed by atoms with Gasteiger partial charge in [0.2, 0.25) is 17.5 Å². The van der Waals surface area contributed by atoms with Gasteiger partial charge in [-0.1, -0.05) is 162 Å². The number of hydrogen-bond donors (Lipinski definition) is 2. The summed E-state index contributed by atoms with van der Waals surface area (Å²) < 4.78 is 33.3. The first-order chi connectivity index (χ1) is 49.5. The summed E-state index contributed by atoms with van der Waals surface area (Å²) in [5.74, 6) is 8.68. The molecule has 11 aromatic rings. The molecular formula is C84H83N9O8. The second-order valence-electron chi connectivity index (χ2n) is 28.2. The van der Waals surface area contributed by atoms with Gasteiger partial charge in [-0.15, -0.1) is 0 Å². The van der Waals surface area contributed by atoms with Crippen LogP contribution in [0.1, 0.15) is 152 Å². The van der Waals surface area contributed by atoms with Crippen LogP contribution in [-0.4, -0.2) is 52.2 Å². The highest BCUT2D eigenvalue weighted by molar-refractivity contribution is 5.97. The van der Waals surface area contributed by atoms with E-state index in [1.54, 1.807) is 18.6 Å². The van der Waals surface area contributed by atoms with Crippen molar-refractivity contribution in [2.45, 2.75) is 134 Å². The van der Waals surface area contributed by atoms with Crippen LogP contribution in [0.2, 0.25) is 0 Å². The Morgan fingerprint density at radius 3 is 1.13 bits per heavy atom. The molecule has 17 rings (SSSR count). The SMILES string of the molecule is CC(=O)OCc1nc(-c2ccc([C@]3(c4ccc(OCc5ccccn5)cc4)CC4CC[C@@H]3C4)cc2)no1.Cc1nc(-c2ccc([C@]3(c4ccc(OCc5ccccn5)cc4)CC4CC[C@@H]3C4)cc2)no1.N/C(=N\O)c1ccc([C@]2(c3ccc(OCc4ccccn4)cc3)CC3CC[C@@H]2C3)cc1. The lowest BCUT2D eigenvalue weighted by Crippen LogP contribution is -2.34. The molecule has 5 aromatic heterocycles. The molecule has 17 nitrogen and oxygen atoms in total. The summed E-state index contributed by atoms with van der Waals surface area (Å²) in [6, 6.07) is 69.2. The van der Waals surface area contributed by atoms with Crippen molar-refractivity contribution in [1.29, 1.82) is 0 Å². The molecule has 6 aromatic carbocycles. The van der Waals surface area contributed by atoms with Crippen LogP contribution in [0.15, 0.2) is 233 Å². The third kappa shape index (κ3) is 13.9. The quantitative estimate of drug-likeness (QED) is 0.0238. The smallest absolute Gasteiger partial charge is 0.303 e. The van der Waals surface area contributed by atoms with Gasteiger partial charge in [-0.3, -0.25) is 19.7 Å². The molecule has 0 amide bonds. The molecule has 512 valence electrons. The van der Waals surface area contributed by atoms with E-state index < -0.39 is 0 Å². The van der Waals surface area contributed by atoms with E-state index in [2.05, 4.69) is 174 Å². The van der Waals surface area contributed by atoms with E-state index in [0.29, 0.717) is 55.1 Å². The van der Waals surface area contributed by atoms with E-state index in [1.165, 1.54) is 117 Å². The maximum absolute atomic E-state index is 11.0. The van der Waals surface area contributed by atoms with Crippen molar-refractivity contribution in [2.24, 2.45) is 46.4 Å². The lowest BCUT2D eigenvalue weighted by atomic mass is 9.64. The number of aryl methyl sites for hydroxylation is 1. The maximum Gasteiger partial charge on any atom is 0.303 e. The summed E-state index contributed by atoms with van der Waals surface area (Å²) >= 11 is 0. The van der Waals surface area contributed by atoms with E-state index >= 15 is 0 Å². The van der Waals surface area contributed by atoms with Gasteiger partial charge in [0, 0.05) is 65.4 Å². The Kier molecular flexibility index (Phi) is 19.1. The van der Waals surface area contributed by atoms with E-state index in [0.717, 1.165) is 68.8 Å². The second-order valence-corrected chi connectivity index (χ2v) is 28.2. The van der Waals surface area contributed by atoms with Crippen LogP contribution in [0, 0.1) is 42.4 Å². The van der Waals surface area contributed by atoms with Crippen LogP contribution in [0.5, 0.6) is 17.2 Å². The topological polar surface area (TPSA) is 229 Å². The van der Waals surface area contributed by atoms with E-state index in [4.69, 9.17) is 38.9 Å². The summed E-state index contributed by atoms with van der Waals surface area (Å²) in [5.41, 5.74) is 19.3. The fourth-order valence-electron chi connectivity index (χ4n) is 17.9. The number of hydrogen-bond acceptors (Lipinski definition) is 16. The van der Waals surface area contributed by atoms with Gasteiger partial charge in [-0.2, -0.15) is 9.97 Å². The Labute approximate surface area is 588 Å². The molecule has 3 unspecified atom stereocenters. The molecule has 3 N–H and O–H groups in total. The Hall–Kier alpha value is -10.8. The minimum Gasteiger partial charge on any atom is -0.487 e. The van der Waals surface area contributed by atoms with E-state index in [1.807, 2.05) is 73.7 Å². The predicted molar refractivity (Wildman–Crippen MR) is 382 cm³/mol. The zero-order chi connectivity index (χ0) is 68.8. The van der Waals surface area contributed by atoms with Crippen LogP contribution in [-0.2, 0) is 52.2 Å². The van der Waals surface area contributed by atoms with Crippen LogP contribution in [0.4, 0.5) is 0 Å². The monoisotopic (exact) mass is 1350 g/mol. The minimum absolute atomic E-state index is 0.00129. The number of rotatable bonds is 20. The van der Waals surface area contributed by atoms with Crippen molar-refractivity contribution in [2.75, 3.05) is 0 Å². The number of oxime groups is 1. The first-order valence-corrected chi connectivity index (χ1v) is 35.5. The molecule has 0 aliphatic heterocycles. The third-order valence-electron chi connectivity index (χ3n) is 22.5. The van der Waals surface area contributed by atoms with Gasteiger partial charge < -0.3 is 38.9 Å². The normalized spacial score (nSPS) is 23.5. The minimum atomic E-state index is -0.381. The number of fused-ring (bicyclic) bond motifs is 6. The zero-order valence-corrected chi connectivity index (χ0v) is 57.0. The first kappa shape index (κ1) is 66.1. The van der Waals surface area contributed by atoms with Crippen molar-refractivity contribution < 1.29 is 38.0 Å². The number of carbonyl (C=O) groups is 1. The highest BCUT2D eigenvalue weighted by atomic mass is 16.6. The predicted octanol–water partition coefficient (Wildman–Crippen LogP) is 16.9. The molecule has 6 bridgehead atoms. The average molecular weight is 1350 g/mol. The molecule has 9 atom stereocenters. The molecule has 101 heavy (non-hydrogen) atoms. The lowest BCUT2D eigenvalue weighted by molar-refractivity contribution is -0.143. The fraction of sp³-hybridized carbons (Fsp3) is 0.321. The molecule has 6 aliphatic rings. The Balaban J connectivity index is 0.000000123. The number of carbonyl (C=O) groups excluding carboxylic acids is 1. The largest absolute Gasteiger partial charge is 0.487 e. The van der Waals surface area contributed by atoms with Crippen LogP contribution < -0.4 is 19.9 Å². The fourth-order valence-corrected chi connectivity index (χ4v) is 17.9. The molecular weight excluding hydrogens is 1260 g/mol. The zero-order valence-electron chi connectivity index (χ0n) is 57.0. The van der Waals surface area contributed by atoms with Gasteiger partial charge in [-0.25, -0.2) is 0 Å². The van der Waals surface area contributed by atoms with E-state index in [-0.39, 0.29) is 40.5 Å². The van der Waals surface area contributed by atoms with Crippen LogP contribution in [0.25, 0.3) is 22.8 Å². The van der Waals surface area contributed by atoms with Gasteiger partial charge >= 0.3 is 5.97 Å². The van der Waals surface area contributed by atoms with Gasteiger partial charge in [0.25, 0.3) is 5.89 Å². The van der Waals surface area contributed by atoms with Gasteiger partial charge in [0.1, 0.15) is 37.1 Å². The Morgan fingerprint density at radius 1 is 0.465 bits per heavy atom. The first-order valence-electron chi connectivity index (χ1n) is 35.5. The van der Waals surface area contributed by atoms with E-state index in [9.17, 15) is 4.79 Å². The molecule has 6 fully saturated rings. The molecule has 0 radical (unpaired) electrons. The summed E-state index contributed by atoms with van der Waals surface area (Å²) in [4.78, 5) is 32.8. The highest BCUT2D eigenvalue weighted by Crippen LogP contribution is 2.63. The van der Waals surface area contributed by atoms with Crippen LogP contribution in [0.3, 0.4) is 0 Å². The number of esters is 1. The lowest BCUT2D eigenvalue weighted by Gasteiger charge is -2.39. The number of aromatic nitrogens is 7. The average Bonchev–Trinajstić information content (AvgIpc) is 1.60. The molecule has 6 aliphatic carbocycles. The molecule has 17 heteroatoms. The number of amidine groups is 1. The van der Waals surface area contributed by atoms with Crippen molar-refractivity contribution in [3.63, 3.8) is 0 Å². The van der Waals surface area contributed by atoms with Gasteiger partial charge in [-0.05, 0) is 199 Å². The van der Waals surface area contributed by atoms with Crippen molar-refractivity contribution in [1.82, 2.24) is 35.2 Å². The maximum atomic E-state index is 11.0. The highest BCUT2D eigenvalue weighted by Gasteiger charge is 2.55. The number of nitrogens with zero attached hydrogens (tertiary/aromatic N) is 8. The molecule has 5 heterocycles. The summed E-state index contributed by atoms with van der Waals surface area (Å²) in [6.07, 6.45) is 20.7. The van der Waals surface area contributed by atoms with Crippen molar-refractivity contribution in [3.8, 4) is 40.0 Å². The standard InChI is InChI=1S/C30H29N3O4.C28H27N3O2.C26H27N3O2/c1-20(34)35-19-28-32-29(33-37-28)22-6-9-23(10-7-22)30(17-21-5-8-25(30)16-21)24-11-13-27(14-12-24)36-18-26-4-2-3-15-31-26;1-19-30-27(31-33-19)21-6-9-22(10-7-21)28(17-20-5-8-24(28)16-20)23-11-13-26(14-12-23)32-18-25-4-2-3-15-29-25;27-25(29-30)19-5-8-20(9-6-19)26(16-18-4-7-22(26)15-18)21-10-12-24(13-11-21)31-17-23-3-1-2-14-28-23/h2-4,6-7,9-15,21,25H,5,8,16-19H2,1H3;2-4,6-7,9-15,20,24H,5,8,16-18H2,1H3;1-3,5-6,8-14,18,22,30H,4,7,15-17H2,(H2,27,29)/t21?,25-,30+;20?,24-,28+;18?,22-,26+/m111/s1. The van der Waals surface area contributed by atoms with Crippen molar-refractivity contribution >= 4 is 11.8 Å². The number of benzene rings is 6. The van der Waals surface area contributed by atoms with Crippen molar-refractivity contribution in [3.05, 3.63) is 287 Å². The number of ether oxygens (including phenoxy) is 4. The van der Waals surface area contributed by atoms with Crippen LogP contribution >= 0.6 is 0 Å². The van der Waals surface area contributed by atoms with Gasteiger partial charge in [0.15, 0.2) is 12.4 Å².